The molecule has 1 aliphatic rings. The third kappa shape index (κ3) is 5.20. The van der Waals surface area contributed by atoms with Gasteiger partial charge in [-0.25, -0.2) is 9.78 Å². The van der Waals surface area contributed by atoms with Crippen LogP contribution in [0.2, 0.25) is 0 Å². The van der Waals surface area contributed by atoms with Crippen molar-refractivity contribution >= 4 is 49.9 Å². The van der Waals surface area contributed by atoms with Crippen molar-refractivity contribution in [2.24, 2.45) is 0 Å². The number of hydrogen-bond donors (Lipinski definition) is 1. The Labute approximate surface area is 208 Å². The molecule has 1 atom stereocenters. The van der Waals surface area contributed by atoms with Crippen LogP contribution in [0.3, 0.4) is 0 Å². The maximum atomic E-state index is 13.2. The number of alkyl halides is 3. The minimum atomic E-state index is -4.47. The number of benzene rings is 1. The number of halogens is 3. The first-order chi connectivity index (χ1) is 16.3. The predicted molar refractivity (Wildman–Crippen MR) is 132 cm³/mol. The van der Waals surface area contributed by atoms with Gasteiger partial charge in [-0.3, -0.25) is 4.79 Å². The highest BCUT2D eigenvalue weighted by molar-refractivity contribution is 7.23. The van der Waals surface area contributed by atoms with Crippen molar-refractivity contribution in [1.82, 2.24) is 9.88 Å². The van der Waals surface area contributed by atoms with E-state index in [2.05, 4.69) is 16.9 Å². The largest absolute Gasteiger partial charge is 0.444 e. The highest BCUT2D eigenvalue weighted by Gasteiger charge is 2.35. The molecule has 0 bridgehead atoms. The van der Waals surface area contributed by atoms with E-state index < -0.39 is 29.3 Å². The molecule has 0 fully saturated rings. The molecular formula is C24H24F3N3O3S2. The van der Waals surface area contributed by atoms with Gasteiger partial charge in [0.2, 0.25) is 5.91 Å². The van der Waals surface area contributed by atoms with Crippen LogP contribution < -0.4 is 5.32 Å². The zero-order chi connectivity index (χ0) is 25.7. The Morgan fingerprint density at radius 3 is 2.60 bits per heavy atom. The molecule has 11 heteroatoms. The van der Waals surface area contributed by atoms with Crippen molar-refractivity contribution in [3.63, 3.8) is 0 Å². The number of carbonyl (C=O) groups is 2. The maximum absolute atomic E-state index is 13.2. The molecule has 6 nitrogen and oxygen atoms in total. The van der Waals surface area contributed by atoms with E-state index in [1.165, 1.54) is 28.7 Å². The molecule has 4 rings (SSSR count). The van der Waals surface area contributed by atoms with Gasteiger partial charge in [-0.05, 0) is 64.0 Å². The number of rotatable bonds is 3. The number of anilines is 1. The maximum Gasteiger partial charge on any atom is 0.416 e. The van der Waals surface area contributed by atoms with Crippen LogP contribution in [0.1, 0.15) is 43.7 Å². The molecule has 2 aromatic heterocycles. The Kier molecular flexibility index (Phi) is 6.43. The van der Waals surface area contributed by atoms with Gasteiger partial charge in [0.15, 0.2) is 0 Å². The summed E-state index contributed by atoms with van der Waals surface area (Å²) in [6, 6.07) is 3.28. The smallest absolute Gasteiger partial charge is 0.416 e. The number of carbonyl (C=O) groups excluding carboxylic acids is 2. The van der Waals surface area contributed by atoms with E-state index >= 15 is 0 Å². The third-order valence-electron chi connectivity index (χ3n) is 5.42. The normalized spacial score (nSPS) is 16.2. The van der Waals surface area contributed by atoms with Crippen molar-refractivity contribution in [1.29, 1.82) is 0 Å². The molecule has 3 aromatic rings. The second kappa shape index (κ2) is 8.94. The summed E-state index contributed by atoms with van der Waals surface area (Å²) >= 11 is 2.57. The topological polar surface area (TPSA) is 71.5 Å². The second-order valence-corrected chi connectivity index (χ2v) is 11.4. The van der Waals surface area contributed by atoms with E-state index in [4.69, 9.17) is 4.74 Å². The predicted octanol–water partition coefficient (Wildman–Crippen LogP) is 6.85. The van der Waals surface area contributed by atoms with Crippen molar-refractivity contribution < 1.29 is 27.5 Å². The molecule has 0 aliphatic carbocycles. The summed E-state index contributed by atoms with van der Waals surface area (Å²) in [6.45, 7) is 11.1. The van der Waals surface area contributed by atoms with Gasteiger partial charge in [0.05, 0.1) is 22.3 Å². The van der Waals surface area contributed by atoms with Gasteiger partial charge in [-0.2, -0.15) is 13.2 Å². The molecule has 186 valence electrons. The second-order valence-electron chi connectivity index (χ2n) is 9.26. The standard InChI is InChI=1S/C24H24F3N3O3S2/c1-6-18(31)29-21-19(20-28-15-10-13(24(25,26)27)7-8-16(15)34-20)14-9-12(2)30(11-17(14)35-21)22(32)33-23(3,4)5/h6-8,10,12H,1,9,11H2,2-5H3,(H,29,31). The van der Waals surface area contributed by atoms with Crippen molar-refractivity contribution in [2.45, 2.75) is 58.5 Å². The quantitative estimate of drug-likeness (QED) is 0.381. The molecule has 0 saturated carbocycles. The fraction of sp³-hybridized carbons (Fsp3) is 0.375. The Morgan fingerprint density at radius 2 is 1.97 bits per heavy atom. The molecule has 3 heterocycles. The van der Waals surface area contributed by atoms with Crippen molar-refractivity contribution in [3.05, 3.63) is 46.9 Å². The van der Waals surface area contributed by atoms with Crippen LogP contribution >= 0.6 is 22.7 Å². The van der Waals surface area contributed by atoms with Gasteiger partial charge in [0.25, 0.3) is 0 Å². The number of nitrogens with one attached hydrogen (secondary N) is 1. The Morgan fingerprint density at radius 1 is 1.26 bits per heavy atom. The fourth-order valence-electron chi connectivity index (χ4n) is 3.82. The summed E-state index contributed by atoms with van der Waals surface area (Å²) in [6.07, 6.45) is -3.27. The van der Waals surface area contributed by atoms with Gasteiger partial charge in [-0.15, -0.1) is 22.7 Å². The summed E-state index contributed by atoms with van der Waals surface area (Å²) in [5.41, 5.74) is 0.412. The molecule has 1 N–H and O–H groups in total. The first-order valence-corrected chi connectivity index (χ1v) is 12.5. The molecule has 0 radical (unpaired) electrons. The molecule has 2 amide bonds. The van der Waals surface area contributed by atoms with Crippen LogP contribution in [0.4, 0.5) is 23.0 Å². The summed E-state index contributed by atoms with van der Waals surface area (Å²) in [5, 5.41) is 3.84. The van der Waals surface area contributed by atoms with Crippen LogP contribution in [-0.4, -0.2) is 33.5 Å². The SMILES string of the molecule is C=CC(=O)Nc1sc2c(c1-c1nc3cc(C(F)(F)F)ccc3s1)CC(C)N(C(=O)OC(C)(C)C)C2. The fourth-order valence-corrected chi connectivity index (χ4v) is 6.15. The number of thiophene rings is 1. The van der Waals surface area contributed by atoms with Crippen molar-refractivity contribution in [2.75, 3.05) is 5.32 Å². The van der Waals surface area contributed by atoms with E-state index in [-0.39, 0.29) is 18.1 Å². The lowest BCUT2D eigenvalue weighted by Crippen LogP contribution is -2.44. The van der Waals surface area contributed by atoms with Crippen molar-refractivity contribution in [3.8, 4) is 10.6 Å². The molecule has 1 aromatic carbocycles. The average Bonchev–Trinajstić information content (AvgIpc) is 3.30. The van der Waals surface area contributed by atoms with Crippen LogP contribution in [0.25, 0.3) is 20.8 Å². The first kappa shape index (κ1) is 25.2. The van der Waals surface area contributed by atoms with Gasteiger partial charge in [-0.1, -0.05) is 6.58 Å². The number of amides is 2. The molecule has 1 aliphatic heterocycles. The Balaban J connectivity index is 1.78. The summed E-state index contributed by atoms with van der Waals surface area (Å²) in [7, 11) is 0. The lowest BCUT2D eigenvalue weighted by Gasteiger charge is -2.35. The highest BCUT2D eigenvalue weighted by atomic mass is 32.1. The van der Waals surface area contributed by atoms with Gasteiger partial charge in [0.1, 0.15) is 15.6 Å². The summed E-state index contributed by atoms with van der Waals surface area (Å²) in [4.78, 5) is 31.9. The number of fused-ring (bicyclic) bond motifs is 2. The van der Waals surface area contributed by atoms with E-state index in [1.807, 2.05) is 6.92 Å². The summed E-state index contributed by atoms with van der Waals surface area (Å²) < 4.78 is 45.7. The van der Waals surface area contributed by atoms with Gasteiger partial charge < -0.3 is 15.0 Å². The monoisotopic (exact) mass is 523 g/mol. The third-order valence-corrected chi connectivity index (χ3v) is 7.60. The zero-order valence-electron chi connectivity index (χ0n) is 19.6. The minimum Gasteiger partial charge on any atom is -0.444 e. The number of hydrogen-bond acceptors (Lipinski definition) is 6. The molecule has 0 spiro atoms. The average molecular weight is 524 g/mol. The molecular weight excluding hydrogens is 499 g/mol. The zero-order valence-corrected chi connectivity index (χ0v) is 21.2. The minimum absolute atomic E-state index is 0.195. The number of aromatic nitrogens is 1. The van der Waals surface area contributed by atoms with Crippen LogP contribution in [0.15, 0.2) is 30.9 Å². The Hall–Kier alpha value is -2.92. The van der Waals surface area contributed by atoms with Gasteiger partial charge >= 0.3 is 12.3 Å². The van der Waals surface area contributed by atoms with Crippen LogP contribution in [0, 0.1) is 0 Å². The lowest BCUT2D eigenvalue weighted by molar-refractivity contribution is -0.137. The van der Waals surface area contributed by atoms with Crippen LogP contribution in [-0.2, 0) is 28.7 Å². The van der Waals surface area contributed by atoms with Gasteiger partial charge in [0, 0.05) is 16.5 Å². The molecule has 1 unspecified atom stereocenters. The number of nitrogens with zero attached hydrogens (tertiary/aromatic N) is 2. The first-order valence-electron chi connectivity index (χ1n) is 10.8. The lowest BCUT2D eigenvalue weighted by atomic mass is 9.97. The molecule has 35 heavy (non-hydrogen) atoms. The van der Waals surface area contributed by atoms with Crippen LogP contribution in [0.5, 0.6) is 0 Å². The van der Waals surface area contributed by atoms with E-state index in [1.54, 1.807) is 25.7 Å². The van der Waals surface area contributed by atoms with E-state index in [0.29, 0.717) is 26.7 Å². The number of ether oxygens (including phenoxy) is 1. The summed E-state index contributed by atoms with van der Waals surface area (Å²) in [5.74, 6) is -0.414. The molecule has 0 saturated heterocycles. The Bertz CT molecular complexity index is 1320. The van der Waals surface area contributed by atoms with E-state index in [0.717, 1.165) is 28.6 Å². The van der Waals surface area contributed by atoms with E-state index in [9.17, 15) is 22.8 Å². The number of thiazole rings is 1. The highest BCUT2D eigenvalue weighted by Crippen LogP contribution is 2.47.